The molecule has 0 atom stereocenters. The number of hydrogen-bond donors (Lipinski definition) is 0. The van der Waals surface area contributed by atoms with Gasteiger partial charge in [-0.05, 0) is 37.1 Å². The molecular formula is C13H15ClO3. The molecule has 17 heavy (non-hydrogen) atoms. The van der Waals surface area contributed by atoms with Crippen LogP contribution < -0.4 is 4.74 Å². The molecule has 1 aromatic carbocycles. The van der Waals surface area contributed by atoms with Crippen LogP contribution in [0, 0.1) is 0 Å². The normalized spacial score (nSPS) is 11.2. The zero-order valence-electron chi connectivity index (χ0n) is 10.1. The maximum Gasteiger partial charge on any atom is 0.331 e. The summed E-state index contributed by atoms with van der Waals surface area (Å²) in [6, 6.07) is 5.36. The average molecular weight is 255 g/mol. The molecule has 4 heteroatoms. The number of ether oxygens (including phenoxy) is 2. The molecule has 0 aliphatic heterocycles. The lowest BCUT2D eigenvalue weighted by atomic mass is 10.1. The fourth-order valence-corrected chi connectivity index (χ4v) is 1.61. The van der Waals surface area contributed by atoms with Crippen LogP contribution in [0.4, 0.5) is 0 Å². The first-order valence-corrected chi connectivity index (χ1v) is 5.65. The van der Waals surface area contributed by atoms with Gasteiger partial charge in [-0.15, -0.1) is 0 Å². The second-order valence-corrected chi connectivity index (χ2v) is 3.84. The van der Waals surface area contributed by atoms with Crippen molar-refractivity contribution >= 4 is 23.1 Å². The van der Waals surface area contributed by atoms with Crippen molar-refractivity contribution in [2.75, 3.05) is 13.7 Å². The number of methoxy groups -OCH3 is 1. The summed E-state index contributed by atoms with van der Waals surface area (Å²) in [4.78, 5) is 11.3. The molecule has 0 heterocycles. The molecule has 0 fully saturated rings. The quantitative estimate of drug-likeness (QED) is 0.611. The van der Waals surface area contributed by atoms with Gasteiger partial charge in [-0.3, -0.25) is 0 Å². The van der Waals surface area contributed by atoms with E-state index < -0.39 is 0 Å². The van der Waals surface area contributed by atoms with Crippen LogP contribution >= 0.6 is 11.6 Å². The molecule has 92 valence electrons. The highest BCUT2D eigenvalue weighted by Gasteiger charge is 2.05. The van der Waals surface area contributed by atoms with Gasteiger partial charge in [-0.25, -0.2) is 4.79 Å². The Morgan fingerprint density at radius 3 is 2.71 bits per heavy atom. The first kappa shape index (κ1) is 13.6. The molecule has 0 saturated heterocycles. The zero-order chi connectivity index (χ0) is 12.8. The van der Waals surface area contributed by atoms with Crippen LogP contribution in [-0.4, -0.2) is 19.7 Å². The minimum Gasteiger partial charge on any atom is -0.495 e. The summed E-state index contributed by atoms with van der Waals surface area (Å²) in [5.74, 6) is 0.260. The van der Waals surface area contributed by atoms with Gasteiger partial charge in [0, 0.05) is 6.08 Å². The Kier molecular flexibility index (Phi) is 5.04. The number of benzene rings is 1. The van der Waals surface area contributed by atoms with Gasteiger partial charge < -0.3 is 9.47 Å². The van der Waals surface area contributed by atoms with Gasteiger partial charge in [0.15, 0.2) is 0 Å². The largest absolute Gasteiger partial charge is 0.495 e. The maximum atomic E-state index is 11.3. The third-order valence-electron chi connectivity index (χ3n) is 2.23. The van der Waals surface area contributed by atoms with Crippen LogP contribution in [0.2, 0.25) is 5.02 Å². The topological polar surface area (TPSA) is 35.5 Å². The van der Waals surface area contributed by atoms with E-state index in [1.54, 1.807) is 26.2 Å². The summed E-state index contributed by atoms with van der Waals surface area (Å²) >= 11 is 6.00. The molecule has 0 saturated carbocycles. The number of allylic oxidation sites excluding steroid dienone is 1. The van der Waals surface area contributed by atoms with E-state index >= 15 is 0 Å². The van der Waals surface area contributed by atoms with Crippen LogP contribution in [0.3, 0.4) is 0 Å². The number of hydrogen-bond acceptors (Lipinski definition) is 3. The van der Waals surface area contributed by atoms with Crippen LogP contribution in [0.15, 0.2) is 24.3 Å². The van der Waals surface area contributed by atoms with Gasteiger partial charge in [-0.2, -0.15) is 0 Å². The Balaban J connectivity index is 2.93. The molecule has 0 aromatic heterocycles. The summed E-state index contributed by atoms with van der Waals surface area (Å²) < 4.78 is 9.89. The summed E-state index contributed by atoms with van der Waals surface area (Å²) in [5, 5.41) is 0.515. The summed E-state index contributed by atoms with van der Waals surface area (Å²) in [7, 11) is 1.56. The summed E-state index contributed by atoms with van der Waals surface area (Å²) in [6.45, 7) is 3.96. The van der Waals surface area contributed by atoms with Gasteiger partial charge in [0.25, 0.3) is 0 Å². The highest BCUT2D eigenvalue weighted by molar-refractivity contribution is 6.32. The molecule has 3 nitrogen and oxygen atoms in total. The fourth-order valence-electron chi connectivity index (χ4n) is 1.36. The van der Waals surface area contributed by atoms with Crippen molar-refractivity contribution in [2.24, 2.45) is 0 Å². The van der Waals surface area contributed by atoms with Crippen molar-refractivity contribution in [3.63, 3.8) is 0 Å². The lowest BCUT2D eigenvalue weighted by molar-refractivity contribution is -0.137. The highest BCUT2D eigenvalue weighted by atomic mass is 35.5. The smallest absolute Gasteiger partial charge is 0.331 e. The van der Waals surface area contributed by atoms with Crippen LogP contribution in [0.1, 0.15) is 19.4 Å². The van der Waals surface area contributed by atoms with Crippen molar-refractivity contribution in [3.8, 4) is 5.75 Å². The molecule has 0 aliphatic rings. The number of carbonyl (C=O) groups is 1. The average Bonchev–Trinajstić information content (AvgIpc) is 2.29. The van der Waals surface area contributed by atoms with Crippen molar-refractivity contribution in [3.05, 3.63) is 34.9 Å². The predicted octanol–water partition coefficient (Wildman–Crippen LogP) is 3.32. The van der Waals surface area contributed by atoms with Gasteiger partial charge in [0.2, 0.25) is 0 Å². The van der Waals surface area contributed by atoms with Crippen LogP contribution in [0.25, 0.3) is 5.57 Å². The Bertz CT molecular complexity index is 438. The maximum absolute atomic E-state index is 11.3. The van der Waals surface area contributed by atoms with Gasteiger partial charge >= 0.3 is 5.97 Å². The van der Waals surface area contributed by atoms with E-state index in [4.69, 9.17) is 21.1 Å². The first-order valence-electron chi connectivity index (χ1n) is 5.27. The number of rotatable bonds is 4. The molecule has 0 spiro atoms. The molecule has 0 unspecified atom stereocenters. The number of esters is 1. The minimum absolute atomic E-state index is 0.350. The van der Waals surface area contributed by atoms with E-state index in [-0.39, 0.29) is 5.97 Å². The minimum atomic E-state index is -0.350. The SMILES string of the molecule is CCOC(=O)/C=C(/C)c1ccc(OC)c(Cl)c1. The molecular weight excluding hydrogens is 240 g/mol. The summed E-state index contributed by atoms with van der Waals surface area (Å²) in [5.41, 5.74) is 1.66. The number of carbonyl (C=O) groups excluding carboxylic acids is 1. The van der Waals surface area contributed by atoms with E-state index in [2.05, 4.69) is 0 Å². The van der Waals surface area contributed by atoms with Crippen molar-refractivity contribution in [1.82, 2.24) is 0 Å². The molecule has 0 aliphatic carbocycles. The highest BCUT2D eigenvalue weighted by Crippen LogP contribution is 2.27. The van der Waals surface area contributed by atoms with E-state index in [1.807, 2.05) is 13.0 Å². The Labute approximate surface area is 106 Å². The monoisotopic (exact) mass is 254 g/mol. The van der Waals surface area contributed by atoms with E-state index in [0.29, 0.717) is 17.4 Å². The number of halogens is 1. The predicted molar refractivity (Wildman–Crippen MR) is 68.3 cm³/mol. The molecule has 0 bridgehead atoms. The Morgan fingerprint density at radius 2 is 2.18 bits per heavy atom. The third kappa shape index (κ3) is 3.79. The second-order valence-electron chi connectivity index (χ2n) is 3.43. The standard InChI is InChI=1S/C13H15ClO3/c1-4-17-13(15)7-9(2)10-5-6-12(16-3)11(14)8-10/h5-8H,4H2,1-3H3/b9-7-. The van der Waals surface area contributed by atoms with E-state index in [1.165, 1.54) is 6.08 Å². The van der Waals surface area contributed by atoms with Gasteiger partial charge in [-0.1, -0.05) is 17.7 Å². The van der Waals surface area contributed by atoms with E-state index in [0.717, 1.165) is 11.1 Å². The molecule has 1 rings (SSSR count). The van der Waals surface area contributed by atoms with Crippen molar-refractivity contribution in [1.29, 1.82) is 0 Å². The van der Waals surface area contributed by atoms with Crippen LogP contribution in [-0.2, 0) is 9.53 Å². The fraction of sp³-hybridized carbons (Fsp3) is 0.308. The van der Waals surface area contributed by atoms with Crippen molar-refractivity contribution in [2.45, 2.75) is 13.8 Å². The first-order chi connectivity index (χ1) is 8.08. The third-order valence-corrected chi connectivity index (χ3v) is 2.52. The van der Waals surface area contributed by atoms with Gasteiger partial charge in [0.1, 0.15) is 5.75 Å². The lowest BCUT2D eigenvalue weighted by Crippen LogP contribution is -2.00. The summed E-state index contributed by atoms with van der Waals surface area (Å²) in [6.07, 6.45) is 1.45. The molecule has 1 aromatic rings. The Morgan fingerprint density at radius 1 is 1.47 bits per heavy atom. The van der Waals surface area contributed by atoms with E-state index in [9.17, 15) is 4.79 Å². The van der Waals surface area contributed by atoms with Gasteiger partial charge in [0.05, 0.1) is 18.7 Å². The second kappa shape index (κ2) is 6.30. The Hall–Kier alpha value is -1.48. The molecule has 0 radical (unpaired) electrons. The molecule has 0 amide bonds. The van der Waals surface area contributed by atoms with Crippen LogP contribution in [0.5, 0.6) is 5.75 Å². The lowest BCUT2D eigenvalue weighted by Gasteiger charge is -2.06. The van der Waals surface area contributed by atoms with Crippen molar-refractivity contribution < 1.29 is 14.3 Å². The zero-order valence-corrected chi connectivity index (χ0v) is 10.9. The molecule has 0 N–H and O–H groups in total.